The summed E-state index contributed by atoms with van der Waals surface area (Å²) in [5.74, 6) is 0.638. The minimum absolute atomic E-state index is 0.0548. The van der Waals surface area contributed by atoms with E-state index in [1.165, 1.54) is 0 Å². The maximum Gasteiger partial charge on any atom is 0.149 e. The van der Waals surface area contributed by atoms with Crippen LogP contribution in [0.5, 0.6) is 5.75 Å². The molecule has 0 aliphatic carbocycles. The number of aromatic nitrogens is 3. The van der Waals surface area contributed by atoms with Crippen LogP contribution in [-0.4, -0.2) is 19.6 Å². The second kappa shape index (κ2) is 12.6. The highest BCUT2D eigenvalue weighted by Crippen LogP contribution is 2.41. The van der Waals surface area contributed by atoms with Crippen molar-refractivity contribution < 1.29 is 18.8 Å². The number of benzene rings is 6. The van der Waals surface area contributed by atoms with Gasteiger partial charge in [-0.1, -0.05) is 96.0 Å². The fraction of sp³-hybridized carbons (Fsp3) is 0.0870. The largest absolute Gasteiger partial charge is 0.507 e. The lowest BCUT2D eigenvalue weighted by molar-refractivity contribution is 0.472. The lowest BCUT2D eigenvalue weighted by Crippen LogP contribution is -1.98. The van der Waals surface area contributed by atoms with Crippen LogP contribution in [0.1, 0.15) is 36.0 Å². The van der Waals surface area contributed by atoms with Gasteiger partial charge in [-0.25, -0.2) is 4.98 Å². The van der Waals surface area contributed by atoms with Crippen molar-refractivity contribution in [2.24, 2.45) is 0 Å². The molecule has 4 heteroatoms. The van der Waals surface area contributed by atoms with E-state index in [0.29, 0.717) is 39.2 Å². The summed E-state index contributed by atoms with van der Waals surface area (Å²) in [4.78, 5) is 9.63. The van der Waals surface area contributed by atoms with E-state index in [4.69, 9.17) is 17.3 Å². The van der Waals surface area contributed by atoms with Crippen LogP contribution in [-0.2, 0) is 0 Å². The normalized spacial score (nSPS) is 14.4. The first kappa shape index (κ1) is 21.7. The second-order valence-electron chi connectivity index (χ2n) is 12.4. The van der Waals surface area contributed by atoms with Gasteiger partial charge < -0.3 is 5.11 Å². The molecule has 0 spiro atoms. The minimum atomic E-state index is -2.96. The molecule has 242 valence electrons. The highest BCUT2D eigenvalue weighted by atomic mass is 16.3. The number of imidazole rings is 1. The molecule has 0 fully saturated rings. The summed E-state index contributed by atoms with van der Waals surface area (Å²) < 4.78 is 87.2. The third-order valence-corrected chi connectivity index (χ3v) is 8.75. The molecule has 0 aliphatic heterocycles. The third-order valence-electron chi connectivity index (χ3n) is 8.75. The van der Waals surface area contributed by atoms with Crippen molar-refractivity contribution in [2.45, 2.75) is 27.6 Å². The van der Waals surface area contributed by atoms with Crippen LogP contribution in [0.3, 0.4) is 0 Å². The maximum atomic E-state index is 11.4. The fourth-order valence-electron chi connectivity index (χ4n) is 6.33. The fourth-order valence-corrected chi connectivity index (χ4v) is 6.33. The zero-order valence-corrected chi connectivity index (χ0v) is 27.6. The van der Waals surface area contributed by atoms with Crippen LogP contribution in [0.25, 0.3) is 72.7 Å². The van der Waals surface area contributed by atoms with Gasteiger partial charge in [-0.15, -0.1) is 0 Å². The number of hydrogen-bond acceptors (Lipinski definition) is 3. The summed E-state index contributed by atoms with van der Waals surface area (Å²) in [6.07, 6.45) is -0.573. The molecule has 50 heavy (non-hydrogen) atoms. The minimum Gasteiger partial charge on any atom is -0.507 e. The molecule has 0 unspecified atom stereocenters. The van der Waals surface area contributed by atoms with E-state index >= 15 is 0 Å². The highest BCUT2D eigenvalue weighted by Gasteiger charge is 2.21. The van der Waals surface area contributed by atoms with Gasteiger partial charge in [0.2, 0.25) is 0 Å². The molecule has 0 saturated carbocycles. The zero-order chi connectivity index (χ0) is 42.9. The average Bonchev–Trinajstić information content (AvgIpc) is 3.61. The van der Waals surface area contributed by atoms with Crippen LogP contribution >= 0.6 is 0 Å². The summed E-state index contributed by atoms with van der Waals surface area (Å²) in [5.41, 5.74) is 7.10. The Balaban J connectivity index is 1.42. The van der Waals surface area contributed by atoms with Crippen LogP contribution in [0, 0.1) is 27.6 Å². The summed E-state index contributed by atoms with van der Waals surface area (Å²) in [6.45, 7) is 2.83. The number of hydrogen-bond donors (Lipinski definition) is 1. The Kier molecular flexibility index (Phi) is 5.48. The maximum absolute atomic E-state index is 11.4. The molecule has 4 nitrogen and oxygen atoms in total. The molecule has 2 aromatic heterocycles. The molecule has 8 aromatic rings. The third kappa shape index (κ3) is 5.75. The summed E-state index contributed by atoms with van der Waals surface area (Å²) in [7, 11) is 0. The van der Waals surface area contributed by atoms with Gasteiger partial charge in [-0.3, -0.25) is 9.55 Å². The lowest BCUT2D eigenvalue weighted by atomic mass is 9.93. The molecule has 0 atom stereocenters. The van der Waals surface area contributed by atoms with Gasteiger partial charge in [0.05, 0.1) is 31.9 Å². The zero-order valence-electron chi connectivity index (χ0n) is 37.6. The van der Waals surface area contributed by atoms with Crippen molar-refractivity contribution in [1.29, 1.82) is 0 Å². The smallest absolute Gasteiger partial charge is 0.149 e. The Morgan fingerprint density at radius 1 is 0.620 bits per heavy atom. The van der Waals surface area contributed by atoms with Crippen molar-refractivity contribution in [2.75, 3.05) is 0 Å². The molecule has 0 bridgehead atoms. The quantitative estimate of drug-likeness (QED) is 0.194. The van der Waals surface area contributed by atoms with Gasteiger partial charge in [0.15, 0.2) is 0 Å². The van der Waals surface area contributed by atoms with Crippen molar-refractivity contribution in [3.63, 3.8) is 0 Å². The van der Waals surface area contributed by atoms with Gasteiger partial charge in [-0.05, 0) is 121 Å². The number of aryl methyl sites for hydroxylation is 3. The van der Waals surface area contributed by atoms with E-state index < -0.39 is 60.4 Å². The van der Waals surface area contributed by atoms with Crippen LogP contribution in [0.2, 0.25) is 0 Å². The predicted molar refractivity (Wildman–Crippen MR) is 207 cm³/mol. The van der Waals surface area contributed by atoms with Gasteiger partial charge in [-0.2, -0.15) is 0 Å². The molecule has 2 heterocycles. The number of nitrogens with zero attached hydrogens (tertiary/aromatic N) is 3. The predicted octanol–water partition coefficient (Wildman–Crippen LogP) is 11.7. The first-order chi connectivity index (χ1) is 28.5. The van der Waals surface area contributed by atoms with Gasteiger partial charge in [0.1, 0.15) is 11.6 Å². The summed E-state index contributed by atoms with van der Waals surface area (Å²) in [6, 6.07) is 28.7. The van der Waals surface area contributed by atoms with Crippen LogP contribution < -0.4 is 0 Å². The molecular formula is C46H37N3O. The first-order valence-corrected chi connectivity index (χ1v) is 16.2. The Hall–Kier alpha value is -6.26. The van der Waals surface area contributed by atoms with E-state index in [-0.39, 0.29) is 17.0 Å². The van der Waals surface area contributed by atoms with E-state index in [1.54, 1.807) is 12.1 Å². The van der Waals surface area contributed by atoms with E-state index in [9.17, 15) is 6.48 Å². The summed E-state index contributed by atoms with van der Waals surface area (Å²) in [5, 5.41) is 11.4. The second-order valence-corrected chi connectivity index (χ2v) is 12.4. The molecule has 1 N–H and O–H groups in total. The van der Waals surface area contributed by atoms with E-state index in [2.05, 4.69) is 4.98 Å². The van der Waals surface area contributed by atoms with Crippen molar-refractivity contribution in [1.82, 2.24) is 14.5 Å². The Bertz CT molecular complexity index is 3000. The van der Waals surface area contributed by atoms with Crippen molar-refractivity contribution in [3.8, 4) is 67.5 Å². The monoisotopic (exact) mass is 657 g/mol. The number of fused-ring (bicyclic) bond motifs is 1. The topological polar surface area (TPSA) is 50.9 Å². The lowest BCUT2D eigenvalue weighted by Gasteiger charge is -2.13. The SMILES string of the molecule is [2H]c1nc(-c2cc(-c3ccc(C)cc3)cc(-c3cccc4c3nc(-c3cc(C)cc(C)c3O)n4-c3ccccc3)c2)c([2H])c(-c2c([2H])c([2H])c(C([2H])([2H])[2H])c([2H])c2[2H])c1[2H]. The van der Waals surface area contributed by atoms with Gasteiger partial charge in [0, 0.05) is 27.1 Å². The molecule has 0 saturated heterocycles. The standard InChI is InChI=1S/C46H37N3O/c1-29-13-17-33(18-14-29)35-21-22-47-42(28-35)38-26-36(34-19-15-30(2)16-20-34)25-37(27-38)40-11-8-12-43-44(40)48-46(49(43)39-9-6-5-7-10-39)41-24-31(3)23-32(4)45(41)50/h5-28,50H,1-4H3/i1D3,13D,14D,17D,18D,21D,22D,28D. The molecule has 8 rings (SSSR count). The first-order valence-electron chi connectivity index (χ1n) is 21.2. The molecule has 6 aromatic carbocycles. The van der Waals surface area contributed by atoms with Crippen molar-refractivity contribution >= 4 is 11.0 Å². The Labute approximate surface area is 307 Å². The van der Waals surface area contributed by atoms with Gasteiger partial charge in [0.25, 0.3) is 0 Å². The number of phenols is 1. The average molecular weight is 658 g/mol. The highest BCUT2D eigenvalue weighted by molar-refractivity contribution is 5.97. The Morgan fingerprint density at radius 2 is 1.38 bits per heavy atom. The number of rotatable bonds is 6. The molecule has 0 radical (unpaired) electrons. The van der Waals surface area contributed by atoms with Gasteiger partial charge >= 0.3 is 0 Å². The molecule has 0 aliphatic rings. The summed E-state index contributed by atoms with van der Waals surface area (Å²) >= 11 is 0. The molecular weight excluding hydrogens is 611 g/mol. The van der Waals surface area contributed by atoms with Crippen LogP contribution in [0.4, 0.5) is 0 Å². The number of phenolic OH excluding ortho intramolecular Hbond substituents is 1. The number of pyridine rings is 1. The van der Waals surface area contributed by atoms with Crippen LogP contribution in [0.15, 0.2) is 146 Å². The van der Waals surface area contributed by atoms with E-state index in [0.717, 1.165) is 33.5 Å². The number of para-hydroxylation sites is 2. The Morgan fingerprint density at radius 3 is 2.16 bits per heavy atom. The van der Waals surface area contributed by atoms with E-state index in [1.807, 2.05) is 116 Å². The molecule has 0 amide bonds. The number of aromatic hydroxyl groups is 1. The van der Waals surface area contributed by atoms with Crippen molar-refractivity contribution in [3.05, 3.63) is 168 Å².